The van der Waals surface area contributed by atoms with E-state index in [1.54, 1.807) is 0 Å². The van der Waals surface area contributed by atoms with Crippen molar-refractivity contribution in [3.8, 4) is 0 Å². The summed E-state index contributed by atoms with van der Waals surface area (Å²) >= 11 is 0. The molecule has 0 saturated heterocycles. The van der Waals surface area contributed by atoms with Gasteiger partial charge in [0, 0.05) is 13.1 Å². The maximum Gasteiger partial charge on any atom is 0.397 e. The minimum Gasteiger partial charge on any atom is -0.264 e. The van der Waals surface area contributed by atoms with Gasteiger partial charge in [-0.3, -0.25) is 4.55 Å². The van der Waals surface area contributed by atoms with Crippen LogP contribution in [0.2, 0.25) is 0 Å². The Labute approximate surface area is 81.8 Å². The van der Waals surface area contributed by atoms with Gasteiger partial charge in [-0.15, -0.1) is 0 Å². The zero-order valence-electron chi connectivity index (χ0n) is 7.25. The SMILES string of the molecule is CCN(CCOS(=O)(=O)O)S(=O)(=O)F. The van der Waals surface area contributed by atoms with Crippen LogP contribution in [-0.2, 0) is 25.0 Å². The fraction of sp³-hybridized carbons (Fsp3) is 1.00. The van der Waals surface area contributed by atoms with Gasteiger partial charge in [-0.2, -0.15) is 21.1 Å². The molecule has 0 unspecified atom stereocenters. The van der Waals surface area contributed by atoms with E-state index in [4.69, 9.17) is 4.55 Å². The number of rotatable bonds is 6. The minimum atomic E-state index is -4.86. The van der Waals surface area contributed by atoms with Crippen LogP contribution in [0.4, 0.5) is 3.89 Å². The third kappa shape index (κ3) is 6.21. The van der Waals surface area contributed by atoms with E-state index in [9.17, 15) is 20.7 Å². The van der Waals surface area contributed by atoms with E-state index in [0.29, 0.717) is 4.31 Å². The van der Waals surface area contributed by atoms with Crippen LogP contribution in [0.1, 0.15) is 6.92 Å². The van der Waals surface area contributed by atoms with E-state index in [1.807, 2.05) is 0 Å². The highest BCUT2D eigenvalue weighted by Gasteiger charge is 2.19. The first-order chi connectivity index (χ1) is 6.17. The molecule has 0 aliphatic carbocycles. The molecule has 7 nitrogen and oxygen atoms in total. The molecule has 1 N–H and O–H groups in total. The highest BCUT2D eigenvalue weighted by atomic mass is 32.3. The Balaban J connectivity index is 4.12. The van der Waals surface area contributed by atoms with E-state index in [-0.39, 0.29) is 6.54 Å². The third-order valence-corrected chi connectivity index (χ3v) is 2.76. The molecule has 0 fully saturated rings. The Bertz CT molecular complexity index is 361. The molecule has 0 rings (SSSR count). The summed E-state index contributed by atoms with van der Waals surface area (Å²) in [7, 11) is -9.47. The Hall–Kier alpha value is -0.290. The van der Waals surface area contributed by atoms with Crippen LogP contribution < -0.4 is 0 Å². The Kier molecular flexibility index (Phi) is 4.88. The number of halogens is 1. The lowest BCUT2D eigenvalue weighted by molar-refractivity contribution is 0.242. The molecule has 0 heterocycles. The zero-order valence-corrected chi connectivity index (χ0v) is 8.88. The van der Waals surface area contributed by atoms with E-state index < -0.39 is 34.0 Å². The van der Waals surface area contributed by atoms with Crippen LogP contribution in [-0.4, -0.2) is 45.4 Å². The predicted molar refractivity (Wildman–Crippen MR) is 44.8 cm³/mol. The second-order valence-electron chi connectivity index (χ2n) is 2.18. The maximum absolute atomic E-state index is 12.3. The molecule has 0 radical (unpaired) electrons. The summed E-state index contributed by atoms with van der Waals surface area (Å²) in [4.78, 5) is 0. The summed E-state index contributed by atoms with van der Waals surface area (Å²) in [5.41, 5.74) is 0. The lowest BCUT2D eigenvalue weighted by Gasteiger charge is -2.13. The van der Waals surface area contributed by atoms with Crippen LogP contribution in [0, 0.1) is 0 Å². The van der Waals surface area contributed by atoms with Gasteiger partial charge in [-0.25, -0.2) is 4.18 Å². The normalized spacial score (nSPS) is 13.4. The first kappa shape index (κ1) is 13.7. The van der Waals surface area contributed by atoms with Crippen LogP contribution in [0.25, 0.3) is 0 Å². The monoisotopic (exact) mass is 251 g/mol. The quantitative estimate of drug-likeness (QED) is 0.497. The van der Waals surface area contributed by atoms with Crippen molar-refractivity contribution in [3.05, 3.63) is 0 Å². The predicted octanol–water partition coefficient (Wildman–Crippen LogP) is -0.658. The first-order valence-electron chi connectivity index (χ1n) is 3.48. The summed E-state index contributed by atoms with van der Waals surface area (Å²) in [6, 6.07) is 0. The van der Waals surface area contributed by atoms with Crippen molar-refractivity contribution in [2.45, 2.75) is 6.92 Å². The molecule has 10 heteroatoms. The molecule has 0 aliphatic heterocycles. The molecule has 0 aromatic rings. The summed E-state index contributed by atoms with van der Waals surface area (Å²) in [5, 5.41) is 0. The molecule has 0 atom stereocenters. The third-order valence-electron chi connectivity index (χ3n) is 1.23. The average Bonchev–Trinajstić information content (AvgIpc) is 1.93. The highest BCUT2D eigenvalue weighted by molar-refractivity contribution is 7.84. The van der Waals surface area contributed by atoms with Gasteiger partial charge in [-0.1, -0.05) is 10.8 Å². The van der Waals surface area contributed by atoms with Crippen molar-refractivity contribution >= 4 is 20.8 Å². The van der Waals surface area contributed by atoms with Gasteiger partial charge in [0.1, 0.15) is 0 Å². The van der Waals surface area contributed by atoms with Crippen molar-refractivity contribution in [2.24, 2.45) is 0 Å². The van der Waals surface area contributed by atoms with E-state index >= 15 is 0 Å². The molecule has 0 aromatic carbocycles. The second-order valence-corrected chi connectivity index (χ2v) is 4.62. The zero-order chi connectivity index (χ0) is 11.4. The van der Waals surface area contributed by atoms with Gasteiger partial charge in [0.15, 0.2) is 0 Å². The molecule has 0 aliphatic rings. The van der Waals surface area contributed by atoms with Gasteiger partial charge in [-0.05, 0) is 0 Å². The Morgan fingerprint density at radius 3 is 2.14 bits per heavy atom. The summed E-state index contributed by atoms with van der Waals surface area (Å²) in [5.74, 6) is 0. The lowest BCUT2D eigenvalue weighted by Crippen LogP contribution is -2.31. The summed E-state index contributed by atoms with van der Waals surface area (Å²) in [6.45, 7) is 0.0726. The highest BCUT2D eigenvalue weighted by Crippen LogP contribution is 2.01. The summed E-state index contributed by atoms with van der Waals surface area (Å²) < 4.78 is 65.2. The molecule has 0 aromatic heterocycles. The number of hydrogen-bond acceptors (Lipinski definition) is 5. The number of hydrogen-bond donors (Lipinski definition) is 1. The Morgan fingerprint density at radius 1 is 1.36 bits per heavy atom. The fourth-order valence-electron chi connectivity index (χ4n) is 0.666. The van der Waals surface area contributed by atoms with Gasteiger partial charge in [0.2, 0.25) is 0 Å². The van der Waals surface area contributed by atoms with Gasteiger partial charge in [0.25, 0.3) is 0 Å². The average molecular weight is 251 g/mol. The second kappa shape index (κ2) is 4.98. The molecule has 0 saturated carbocycles. The van der Waals surface area contributed by atoms with Crippen LogP contribution >= 0.6 is 0 Å². The molecule has 86 valence electrons. The largest absolute Gasteiger partial charge is 0.397 e. The van der Waals surface area contributed by atoms with Crippen molar-refractivity contribution in [1.82, 2.24) is 4.31 Å². The number of likely N-dealkylation sites (N-methyl/N-ethyl adjacent to an activating group) is 1. The van der Waals surface area contributed by atoms with Gasteiger partial charge in [0.05, 0.1) is 6.61 Å². The lowest BCUT2D eigenvalue weighted by atomic mass is 10.6. The summed E-state index contributed by atoms with van der Waals surface area (Å²) in [6.07, 6.45) is 0. The molecule has 0 bridgehead atoms. The first-order valence-corrected chi connectivity index (χ1v) is 6.19. The molecule has 0 amide bonds. The van der Waals surface area contributed by atoms with E-state index in [1.165, 1.54) is 6.92 Å². The minimum absolute atomic E-state index is 0.159. The standard InChI is InChI=1S/C4H10FNO6S2/c1-2-6(13(5,7)8)3-4-12-14(9,10)11/h2-4H2,1H3,(H,9,10,11). The smallest absolute Gasteiger partial charge is 0.264 e. The molecule has 14 heavy (non-hydrogen) atoms. The van der Waals surface area contributed by atoms with Gasteiger partial charge >= 0.3 is 20.8 Å². The maximum atomic E-state index is 12.3. The van der Waals surface area contributed by atoms with Crippen molar-refractivity contribution in [1.29, 1.82) is 0 Å². The number of nitrogens with zero attached hydrogens (tertiary/aromatic N) is 1. The molecular weight excluding hydrogens is 241 g/mol. The van der Waals surface area contributed by atoms with Crippen molar-refractivity contribution < 1.29 is 29.5 Å². The molecular formula is C4H10FNO6S2. The van der Waals surface area contributed by atoms with E-state index in [0.717, 1.165) is 0 Å². The van der Waals surface area contributed by atoms with Crippen LogP contribution in [0.15, 0.2) is 0 Å². The van der Waals surface area contributed by atoms with Crippen LogP contribution in [0.3, 0.4) is 0 Å². The van der Waals surface area contributed by atoms with Gasteiger partial charge < -0.3 is 0 Å². The van der Waals surface area contributed by atoms with Crippen LogP contribution in [0.5, 0.6) is 0 Å². The fourth-order valence-corrected chi connectivity index (χ4v) is 1.55. The van der Waals surface area contributed by atoms with Crippen molar-refractivity contribution in [2.75, 3.05) is 19.7 Å². The molecule has 0 spiro atoms. The van der Waals surface area contributed by atoms with E-state index in [2.05, 4.69) is 4.18 Å². The van der Waals surface area contributed by atoms with Crippen molar-refractivity contribution in [3.63, 3.8) is 0 Å². The topological polar surface area (TPSA) is 101 Å². The Morgan fingerprint density at radius 2 is 1.86 bits per heavy atom.